The number of carbonyl (C=O) groups is 3. The fraction of sp³-hybridized carbons (Fsp3) is 0.632. The monoisotopic (exact) mass is 389 g/mol. The smallest absolute Gasteiger partial charge is 0.312 e. The molecule has 152 valence electrons. The first-order valence-electron chi connectivity index (χ1n) is 9.67. The van der Waals surface area contributed by atoms with Crippen molar-refractivity contribution in [3.05, 3.63) is 18.5 Å². The molecule has 2 aliphatic rings. The molecule has 2 amide bonds. The summed E-state index contributed by atoms with van der Waals surface area (Å²) in [6.07, 6.45) is 2.66. The van der Waals surface area contributed by atoms with Gasteiger partial charge in [0.15, 0.2) is 6.10 Å². The molecule has 2 saturated heterocycles. The van der Waals surface area contributed by atoms with E-state index < -0.39 is 18.0 Å². The van der Waals surface area contributed by atoms with Crippen molar-refractivity contribution in [2.24, 2.45) is 5.92 Å². The molecule has 0 aromatic carbocycles. The fourth-order valence-corrected chi connectivity index (χ4v) is 3.55. The number of anilines is 1. The molecule has 2 aliphatic heterocycles. The number of nitrogens with zero attached hydrogens (tertiary/aromatic N) is 5. The summed E-state index contributed by atoms with van der Waals surface area (Å²) >= 11 is 0. The molecule has 0 aliphatic carbocycles. The van der Waals surface area contributed by atoms with E-state index in [9.17, 15) is 14.4 Å². The molecule has 0 bridgehead atoms. The summed E-state index contributed by atoms with van der Waals surface area (Å²) < 4.78 is 5.39. The van der Waals surface area contributed by atoms with Crippen molar-refractivity contribution in [1.29, 1.82) is 0 Å². The molecular formula is C19H27N5O4. The minimum absolute atomic E-state index is 0.0461. The van der Waals surface area contributed by atoms with Gasteiger partial charge < -0.3 is 19.4 Å². The third-order valence-corrected chi connectivity index (χ3v) is 5.18. The van der Waals surface area contributed by atoms with Gasteiger partial charge in [-0.15, -0.1) is 0 Å². The molecule has 0 N–H and O–H groups in total. The van der Waals surface area contributed by atoms with Gasteiger partial charge in [-0.05, 0) is 26.8 Å². The first-order chi connectivity index (χ1) is 13.4. The number of esters is 1. The van der Waals surface area contributed by atoms with Crippen molar-refractivity contribution in [3.63, 3.8) is 0 Å². The Kier molecular flexibility index (Phi) is 6.11. The molecule has 0 spiro atoms. The standard InChI is InChI=1S/C19H27N5O4/c1-13(2)24-12-15(11-16(24)25)18(27)28-14(3)17(26)22-7-9-23(10-8-22)19-20-5-4-6-21-19/h4-6,13-15H,7-12H2,1-3H3. The van der Waals surface area contributed by atoms with Crippen LogP contribution in [0.2, 0.25) is 0 Å². The third kappa shape index (κ3) is 4.40. The summed E-state index contributed by atoms with van der Waals surface area (Å²) in [4.78, 5) is 50.9. The summed E-state index contributed by atoms with van der Waals surface area (Å²) in [5.41, 5.74) is 0. The van der Waals surface area contributed by atoms with Crippen LogP contribution in [-0.2, 0) is 19.1 Å². The zero-order valence-electron chi connectivity index (χ0n) is 16.6. The van der Waals surface area contributed by atoms with Crippen LogP contribution in [0, 0.1) is 5.92 Å². The molecule has 3 rings (SSSR count). The molecule has 2 unspecified atom stereocenters. The number of amides is 2. The van der Waals surface area contributed by atoms with E-state index in [1.807, 2.05) is 18.7 Å². The van der Waals surface area contributed by atoms with Gasteiger partial charge in [0.25, 0.3) is 5.91 Å². The van der Waals surface area contributed by atoms with Crippen LogP contribution in [0.1, 0.15) is 27.2 Å². The highest BCUT2D eigenvalue weighted by molar-refractivity contribution is 5.89. The van der Waals surface area contributed by atoms with E-state index in [0.29, 0.717) is 38.7 Å². The Balaban J connectivity index is 1.49. The lowest BCUT2D eigenvalue weighted by atomic mass is 10.1. The van der Waals surface area contributed by atoms with E-state index in [2.05, 4.69) is 9.97 Å². The summed E-state index contributed by atoms with van der Waals surface area (Å²) in [6.45, 7) is 8.05. The fourth-order valence-electron chi connectivity index (χ4n) is 3.55. The number of aromatic nitrogens is 2. The van der Waals surface area contributed by atoms with E-state index in [-0.39, 0.29) is 24.3 Å². The van der Waals surface area contributed by atoms with Gasteiger partial charge in [-0.25, -0.2) is 9.97 Å². The maximum Gasteiger partial charge on any atom is 0.312 e. The summed E-state index contributed by atoms with van der Waals surface area (Å²) in [6, 6.07) is 1.81. The second-order valence-corrected chi connectivity index (χ2v) is 7.48. The number of rotatable bonds is 5. The predicted octanol–water partition coefficient (Wildman–Crippen LogP) is 0.314. The predicted molar refractivity (Wildman–Crippen MR) is 101 cm³/mol. The van der Waals surface area contributed by atoms with Crippen molar-refractivity contribution in [2.45, 2.75) is 39.3 Å². The molecule has 1 aromatic heterocycles. The van der Waals surface area contributed by atoms with Gasteiger partial charge in [0.05, 0.1) is 5.92 Å². The summed E-state index contributed by atoms with van der Waals surface area (Å²) in [5, 5.41) is 0. The summed E-state index contributed by atoms with van der Waals surface area (Å²) in [7, 11) is 0. The molecule has 9 nitrogen and oxygen atoms in total. The Morgan fingerprint density at radius 2 is 1.75 bits per heavy atom. The Hall–Kier alpha value is -2.71. The van der Waals surface area contributed by atoms with E-state index in [1.54, 1.807) is 35.2 Å². The van der Waals surface area contributed by atoms with Gasteiger partial charge in [0.1, 0.15) is 0 Å². The molecule has 2 atom stereocenters. The first kappa shape index (κ1) is 20.0. The highest BCUT2D eigenvalue weighted by Crippen LogP contribution is 2.22. The van der Waals surface area contributed by atoms with Crippen LogP contribution >= 0.6 is 0 Å². The Morgan fingerprint density at radius 1 is 1.11 bits per heavy atom. The molecule has 2 fully saturated rings. The molecular weight excluding hydrogens is 362 g/mol. The lowest BCUT2D eigenvalue weighted by molar-refractivity contribution is -0.162. The minimum atomic E-state index is -0.866. The van der Waals surface area contributed by atoms with E-state index in [1.165, 1.54) is 0 Å². The lowest BCUT2D eigenvalue weighted by Crippen LogP contribution is -2.52. The average molecular weight is 389 g/mol. The van der Waals surface area contributed by atoms with Crippen molar-refractivity contribution in [2.75, 3.05) is 37.6 Å². The lowest BCUT2D eigenvalue weighted by Gasteiger charge is -2.35. The molecule has 1 aromatic rings. The van der Waals surface area contributed by atoms with Gasteiger partial charge in [-0.1, -0.05) is 0 Å². The van der Waals surface area contributed by atoms with Crippen LogP contribution in [0.5, 0.6) is 0 Å². The number of likely N-dealkylation sites (tertiary alicyclic amines) is 1. The van der Waals surface area contributed by atoms with E-state index in [0.717, 1.165) is 0 Å². The average Bonchev–Trinajstić information content (AvgIpc) is 3.10. The highest BCUT2D eigenvalue weighted by Gasteiger charge is 2.38. The quantitative estimate of drug-likeness (QED) is 0.669. The number of piperazine rings is 1. The zero-order valence-corrected chi connectivity index (χ0v) is 16.6. The minimum Gasteiger partial charge on any atom is -0.452 e. The molecule has 9 heteroatoms. The first-order valence-corrected chi connectivity index (χ1v) is 9.67. The van der Waals surface area contributed by atoms with Crippen LogP contribution in [0.15, 0.2) is 18.5 Å². The Labute approximate surface area is 164 Å². The number of hydrogen-bond donors (Lipinski definition) is 0. The normalized spacial score (nSPS) is 21.2. The summed E-state index contributed by atoms with van der Waals surface area (Å²) in [5.74, 6) is -0.595. The van der Waals surface area contributed by atoms with Gasteiger partial charge in [-0.2, -0.15) is 0 Å². The van der Waals surface area contributed by atoms with Crippen molar-refractivity contribution in [1.82, 2.24) is 19.8 Å². The van der Waals surface area contributed by atoms with Crippen LogP contribution in [0.25, 0.3) is 0 Å². The van der Waals surface area contributed by atoms with Gasteiger partial charge in [0.2, 0.25) is 11.9 Å². The Bertz CT molecular complexity index is 718. The van der Waals surface area contributed by atoms with Crippen LogP contribution in [0.3, 0.4) is 0 Å². The Morgan fingerprint density at radius 3 is 2.32 bits per heavy atom. The van der Waals surface area contributed by atoms with Gasteiger partial charge in [0, 0.05) is 57.6 Å². The van der Waals surface area contributed by atoms with Gasteiger partial charge in [-0.3, -0.25) is 14.4 Å². The SMILES string of the molecule is CC(OC(=O)C1CC(=O)N(C(C)C)C1)C(=O)N1CCN(c2ncccn2)CC1. The van der Waals surface area contributed by atoms with Crippen LogP contribution in [-0.4, -0.2) is 82.4 Å². The van der Waals surface area contributed by atoms with Crippen molar-refractivity contribution in [3.8, 4) is 0 Å². The third-order valence-electron chi connectivity index (χ3n) is 5.18. The number of ether oxygens (including phenoxy) is 1. The van der Waals surface area contributed by atoms with Crippen LogP contribution < -0.4 is 4.90 Å². The number of carbonyl (C=O) groups excluding carboxylic acids is 3. The largest absolute Gasteiger partial charge is 0.452 e. The second kappa shape index (κ2) is 8.53. The topological polar surface area (TPSA) is 95.9 Å². The maximum absolute atomic E-state index is 12.7. The highest BCUT2D eigenvalue weighted by atomic mass is 16.5. The van der Waals surface area contributed by atoms with Crippen LogP contribution in [0.4, 0.5) is 5.95 Å². The van der Waals surface area contributed by atoms with Crippen molar-refractivity contribution < 1.29 is 19.1 Å². The molecule has 28 heavy (non-hydrogen) atoms. The number of hydrogen-bond acceptors (Lipinski definition) is 7. The van der Waals surface area contributed by atoms with E-state index in [4.69, 9.17) is 4.74 Å². The van der Waals surface area contributed by atoms with E-state index >= 15 is 0 Å². The molecule has 3 heterocycles. The molecule has 0 radical (unpaired) electrons. The van der Waals surface area contributed by atoms with Gasteiger partial charge >= 0.3 is 5.97 Å². The molecule has 0 saturated carbocycles. The second-order valence-electron chi connectivity index (χ2n) is 7.48. The van der Waals surface area contributed by atoms with Crippen molar-refractivity contribution >= 4 is 23.7 Å². The zero-order chi connectivity index (χ0) is 20.3. The maximum atomic E-state index is 12.7.